The number of aliphatic hydroxyl groups excluding tert-OH is 1. The van der Waals surface area contributed by atoms with Crippen molar-refractivity contribution < 1.29 is 33.3 Å². The highest BCUT2D eigenvalue weighted by Gasteiger charge is 2.45. The molecule has 0 spiro atoms. The van der Waals surface area contributed by atoms with Crippen molar-refractivity contribution in [1.82, 2.24) is 0 Å². The van der Waals surface area contributed by atoms with Gasteiger partial charge in [0.15, 0.2) is 11.6 Å². The first kappa shape index (κ1) is 27.6. The summed E-state index contributed by atoms with van der Waals surface area (Å²) in [5.74, 6) is -1.87. The molecular weight excluding hydrogens is 490 g/mol. The number of benzene rings is 3. The number of hydrogen-bond donors (Lipinski definition) is 2. The molecule has 4 rings (SSSR count). The van der Waals surface area contributed by atoms with Gasteiger partial charge in [0.25, 0.3) is 0 Å². The first-order valence-corrected chi connectivity index (χ1v) is 12.9. The molecule has 0 saturated heterocycles. The SMILES string of the molecule is CCC[C@@H](CC(=O)O)c1cccc(OCc2ccc(-c3cc(OC)ccc3F)c([C@@H](O)C3(C)CC3)c2)c1F. The lowest BCUT2D eigenvalue weighted by Gasteiger charge is -2.23. The lowest BCUT2D eigenvalue weighted by molar-refractivity contribution is -0.137. The van der Waals surface area contributed by atoms with Crippen molar-refractivity contribution in [3.05, 3.63) is 82.9 Å². The van der Waals surface area contributed by atoms with Crippen molar-refractivity contribution in [2.24, 2.45) is 5.41 Å². The number of halogens is 2. The Kier molecular flexibility index (Phi) is 8.36. The Balaban J connectivity index is 1.64. The molecule has 0 amide bonds. The Morgan fingerprint density at radius 2 is 1.82 bits per heavy atom. The second-order valence-electron chi connectivity index (χ2n) is 10.4. The zero-order chi connectivity index (χ0) is 27.4. The number of carbonyl (C=O) groups is 1. The van der Waals surface area contributed by atoms with E-state index in [9.17, 15) is 19.4 Å². The van der Waals surface area contributed by atoms with Gasteiger partial charge in [-0.05, 0) is 83.2 Å². The second kappa shape index (κ2) is 11.5. The van der Waals surface area contributed by atoms with Crippen LogP contribution in [0.3, 0.4) is 0 Å². The average molecular weight is 525 g/mol. The summed E-state index contributed by atoms with van der Waals surface area (Å²) in [6.07, 6.45) is 2.04. The van der Waals surface area contributed by atoms with Crippen molar-refractivity contribution >= 4 is 5.97 Å². The van der Waals surface area contributed by atoms with Crippen molar-refractivity contribution in [2.45, 2.75) is 64.6 Å². The molecule has 0 aliphatic heterocycles. The number of methoxy groups -OCH3 is 1. The molecule has 38 heavy (non-hydrogen) atoms. The molecule has 0 bridgehead atoms. The van der Waals surface area contributed by atoms with Crippen LogP contribution in [0.5, 0.6) is 11.5 Å². The standard InChI is InChI=1S/C31H34F2O5/c1-4-6-20(16-28(34)35)22-7-5-8-27(29(22)33)38-18-19-9-11-23(24-17-21(37-3)10-12-26(24)32)25(15-19)30(36)31(2)13-14-31/h5,7-12,15,17,20,30,36H,4,6,13-14,16,18H2,1-3H3,(H,34,35)/t20-,30+/m0/s1. The van der Waals surface area contributed by atoms with Crippen molar-refractivity contribution in [1.29, 1.82) is 0 Å². The zero-order valence-electron chi connectivity index (χ0n) is 22.0. The number of ether oxygens (including phenoxy) is 2. The predicted molar refractivity (Wildman–Crippen MR) is 141 cm³/mol. The molecule has 5 nitrogen and oxygen atoms in total. The fourth-order valence-corrected chi connectivity index (χ4v) is 4.90. The van der Waals surface area contributed by atoms with Gasteiger partial charge in [0, 0.05) is 5.56 Å². The number of aliphatic carboxylic acids is 1. The van der Waals surface area contributed by atoms with Crippen LogP contribution >= 0.6 is 0 Å². The van der Waals surface area contributed by atoms with Crippen LogP contribution in [0, 0.1) is 17.0 Å². The van der Waals surface area contributed by atoms with Gasteiger partial charge in [-0.15, -0.1) is 0 Å². The molecule has 3 aromatic carbocycles. The molecule has 0 aromatic heterocycles. The van der Waals surface area contributed by atoms with E-state index < -0.39 is 29.6 Å². The van der Waals surface area contributed by atoms with Gasteiger partial charge in [-0.25, -0.2) is 8.78 Å². The van der Waals surface area contributed by atoms with E-state index in [1.54, 1.807) is 42.5 Å². The lowest BCUT2D eigenvalue weighted by Crippen LogP contribution is -2.12. The van der Waals surface area contributed by atoms with E-state index in [1.807, 2.05) is 13.8 Å². The summed E-state index contributed by atoms with van der Waals surface area (Å²) in [4.78, 5) is 11.3. The van der Waals surface area contributed by atoms with E-state index >= 15 is 4.39 Å². The third-order valence-electron chi connectivity index (χ3n) is 7.46. The van der Waals surface area contributed by atoms with Crippen LogP contribution in [0.4, 0.5) is 8.78 Å². The molecule has 0 heterocycles. The molecule has 2 N–H and O–H groups in total. The highest BCUT2D eigenvalue weighted by atomic mass is 19.1. The minimum absolute atomic E-state index is 0.0229. The quantitative estimate of drug-likeness (QED) is 0.258. The number of rotatable bonds is 12. The van der Waals surface area contributed by atoms with Crippen LogP contribution in [0.25, 0.3) is 11.1 Å². The molecule has 1 aliphatic rings. The van der Waals surface area contributed by atoms with Gasteiger partial charge in [-0.1, -0.05) is 44.5 Å². The molecule has 2 atom stereocenters. The largest absolute Gasteiger partial charge is 0.497 e. The summed E-state index contributed by atoms with van der Waals surface area (Å²) < 4.78 is 41.3. The van der Waals surface area contributed by atoms with Gasteiger partial charge < -0.3 is 19.7 Å². The topological polar surface area (TPSA) is 76.0 Å². The molecular formula is C31H34F2O5. The molecule has 0 unspecified atom stereocenters. The Hall–Kier alpha value is -3.45. The minimum Gasteiger partial charge on any atom is -0.497 e. The fourth-order valence-electron chi connectivity index (χ4n) is 4.90. The van der Waals surface area contributed by atoms with Crippen molar-refractivity contribution in [3.63, 3.8) is 0 Å². The average Bonchev–Trinajstić information content (AvgIpc) is 3.66. The summed E-state index contributed by atoms with van der Waals surface area (Å²) in [5, 5.41) is 20.5. The van der Waals surface area contributed by atoms with Crippen LogP contribution in [0.1, 0.15) is 74.7 Å². The maximum atomic E-state index is 15.4. The first-order valence-electron chi connectivity index (χ1n) is 12.9. The zero-order valence-corrected chi connectivity index (χ0v) is 22.0. The summed E-state index contributed by atoms with van der Waals surface area (Å²) >= 11 is 0. The van der Waals surface area contributed by atoms with E-state index in [4.69, 9.17) is 9.47 Å². The third kappa shape index (κ3) is 5.99. The Morgan fingerprint density at radius 3 is 2.47 bits per heavy atom. The van der Waals surface area contributed by atoms with Gasteiger partial charge in [0.1, 0.15) is 18.2 Å². The predicted octanol–water partition coefficient (Wildman–Crippen LogP) is 7.41. The van der Waals surface area contributed by atoms with E-state index in [-0.39, 0.29) is 24.2 Å². The first-order chi connectivity index (χ1) is 18.2. The lowest BCUT2D eigenvalue weighted by atomic mass is 9.87. The van der Waals surface area contributed by atoms with Crippen LogP contribution in [-0.4, -0.2) is 23.3 Å². The van der Waals surface area contributed by atoms with E-state index in [0.717, 1.165) is 19.3 Å². The minimum atomic E-state index is -0.975. The summed E-state index contributed by atoms with van der Waals surface area (Å²) in [7, 11) is 1.51. The van der Waals surface area contributed by atoms with Gasteiger partial charge in [-0.3, -0.25) is 4.79 Å². The van der Waals surface area contributed by atoms with E-state index in [2.05, 4.69) is 0 Å². The summed E-state index contributed by atoms with van der Waals surface area (Å²) in [6, 6.07) is 14.6. The molecule has 3 aromatic rings. The van der Waals surface area contributed by atoms with Gasteiger partial charge in [0.05, 0.1) is 19.6 Å². The second-order valence-corrected chi connectivity index (χ2v) is 10.4. The molecule has 1 aliphatic carbocycles. The smallest absolute Gasteiger partial charge is 0.303 e. The maximum Gasteiger partial charge on any atom is 0.303 e. The number of hydrogen-bond acceptors (Lipinski definition) is 4. The highest BCUT2D eigenvalue weighted by Crippen LogP contribution is 2.55. The van der Waals surface area contributed by atoms with Crippen molar-refractivity contribution in [3.8, 4) is 22.6 Å². The molecule has 1 saturated carbocycles. The Labute approximate surface area is 222 Å². The monoisotopic (exact) mass is 524 g/mol. The van der Waals surface area contributed by atoms with Crippen LogP contribution in [-0.2, 0) is 11.4 Å². The van der Waals surface area contributed by atoms with Gasteiger partial charge in [0.2, 0.25) is 0 Å². The summed E-state index contributed by atoms with van der Waals surface area (Å²) in [6.45, 7) is 3.95. The van der Waals surface area contributed by atoms with E-state index in [1.165, 1.54) is 19.2 Å². The van der Waals surface area contributed by atoms with E-state index in [0.29, 0.717) is 40.0 Å². The molecule has 202 valence electrons. The summed E-state index contributed by atoms with van der Waals surface area (Å²) in [5.41, 5.74) is 2.20. The van der Waals surface area contributed by atoms with Gasteiger partial charge >= 0.3 is 5.97 Å². The van der Waals surface area contributed by atoms with Crippen LogP contribution in [0.2, 0.25) is 0 Å². The molecule has 1 fully saturated rings. The Bertz CT molecular complexity index is 1300. The van der Waals surface area contributed by atoms with Crippen LogP contribution < -0.4 is 9.47 Å². The third-order valence-corrected chi connectivity index (χ3v) is 7.46. The Morgan fingerprint density at radius 1 is 1.05 bits per heavy atom. The van der Waals surface area contributed by atoms with Crippen molar-refractivity contribution in [2.75, 3.05) is 7.11 Å². The fraction of sp³-hybridized carbons (Fsp3) is 0.387. The van der Waals surface area contributed by atoms with Crippen LogP contribution in [0.15, 0.2) is 54.6 Å². The molecule has 7 heteroatoms. The normalized spacial score (nSPS) is 15.5. The number of carboxylic acids is 1. The highest BCUT2D eigenvalue weighted by molar-refractivity contribution is 5.71. The number of carboxylic acid groups (broad SMARTS) is 1. The maximum absolute atomic E-state index is 15.4. The van der Waals surface area contributed by atoms with Gasteiger partial charge in [-0.2, -0.15) is 0 Å². The number of aliphatic hydroxyl groups is 1. The molecule has 0 radical (unpaired) electrons.